The van der Waals surface area contributed by atoms with Crippen LogP contribution in [-0.2, 0) is 9.59 Å². The molecular formula is C21H19N3O3S. The Bertz CT molecular complexity index is 1070. The summed E-state index contributed by atoms with van der Waals surface area (Å²) in [7, 11) is 0. The quantitative estimate of drug-likeness (QED) is 0.704. The van der Waals surface area contributed by atoms with E-state index < -0.39 is 0 Å². The molecule has 0 spiro atoms. The van der Waals surface area contributed by atoms with Crippen molar-refractivity contribution < 1.29 is 14.0 Å². The minimum absolute atomic E-state index is 0.0353. The van der Waals surface area contributed by atoms with Crippen molar-refractivity contribution in [3.8, 4) is 0 Å². The molecule has 2 amide bonds. The smallest absolute Gasteiger partial charge is 0.237 e. The predicted molar refractivity (Wildman–Crippen MR) is 109 cm³/mol. The highest BCUT2D eigenvalue weighted by molar-refractivity contribution is 8.00. The highest BCUT2D eigenvalue weighted by Gasteiger charge is 2.29. The Morgan fingerprint density at radius 3 is 2.96 bits per heavy atom. The maximum Gasteiger partial charge on any atom is 0.237 e. The fourth-order valence-corrected chi connectivity index (χ4v) is 4.30. The molecule has 3 aromatic rings. The van der Waals surface area contributed by atoms with Gasteiger partial charge in [0.1, 0.15) is 5.52 Å². The van der Waals surface area contributed by atoms with Crippen molar-refractivity contribution in [2.45, 2.75) is 30.1 Å². The molecule has 2 heterocycles. The number of para-hydroxylation sites is 1. The van der Waals surface area contributed by atoms with E-state index in [1.165, 1.54) is 11.8 Å². The van der Waals surface area contributed by atoms with Crippen LogP contribution in [0.2, 0.25) is 0 Å². The van der Waals surface area contributed by atoms with Crippen LogP contribution in [0.15, 0.2) is 51.8 Å². The summed E-state index contributed by atoms with van der Waals surface area (Å²) in [5.74, 6) is 1.55. The number of amides is 2. The molecule has 142 valence electrons. The number of thioether (sulfide) groups is 1. The van der Waals surface area contributed by atoms with Gasteiger partial charge in [0.25, 0.3) is 0 Å². The maximum absolute atomic E-state index is 12.4. The second-order valence-corrected chi connectivity index (χ2v) is 8.13. The van der Waals surface area contributed by atoms with Crippen molar-refractivity contribution >= 4 is 46.1 Å². The molecule has 1 saturated carbocycles. The summed E-state index contributed by atoms with van der Waals surface area (Å²) >= 11 is 1.54. The summed E-state index contributed by atoms with van der Waals surface area (Å²) in [6.07, 6.45) is 2.50. The third-order valence-corrected chi connectivity index (χ3v) is 6.03. The standard InChI is InChI=1S/C21H19N3O3S/c25-19(9-10-24-16-3-1-2-4-18(16)28-12-20(24)26)22-14-7-8-17-15(11-14)23-21(27-17)13-5-6-13/h1-4,7-8,11,13H,5-6,9-10,12H2,(H,22,25). The van der Waals surface area contributed by atoms with Gasteiger partial charge >= 0.3 is 0 Å². The molecule has 28 heavy (non-hydrogen) atoms. The molecule has 1 N–H and O–H groups in total. The second kappa shape index (κ2) is 6.98. The molecule has 0 atom stereocenters. The number of oxazole rings is 1. The Morgan fingerprint density at radius 1 is 1.25 bits per heavy atom. The van der Waals surface area contributed by atoms with Crippen LogP contribution < -0.4 is 10.2 Å². The van der Waals surface area contributed by atoms with Crippen molar-refractivity contribution in [2.75, 3.05) is 22.5 Å². The van der Waals surface area contributed by atoms with Gasteiger partial charge in [0.2, 0.25) is 11.8 Å². The number of hydrogen-bond donors (Lipinski definition) is 1. The van der Waals surface area contributed by atoms with Crippen molar-refractivity contribution in [3.63, 3.8) is 0 Å². The number of anilines is 2. The largest absolute Gasteiger partial charge is 0.440 e. The lowest BCUT2D eigenvalue weighted by atomic mass is 10.2. The van der Waals surface area contributed by atoms with Gasteiger partial charge in [-0.15, -0.1) is 11.8 Å². The second-order valence-electron chi connectivity index (χ2n) is 7.11. The van der Waals surface area contributed by atoms with Crippen molar-refractivity contribution in [3.05, 3.63) is 48.4 Å². The van der Waals surface area contributed by atoms with Gasteiger partial charge in [0, 0.05) is 29.5 Å². The SMILES string of the molecule is O=C(CCN1C(=O)CSc2ccccc21)Nc1ccc2oc(C3CC3)nc2c1. The summed E-state index contributed by atoms with van der Waals surface area (Å²) in [6.45, 7) is 0.361. The summed E-state index contributed by atoms with van der Waals surface area (Å²) in [6, 6.07) is 13.3. The van der Waals surface area contributed by atoms with Crippen LogP contribution >= 0.6 is 11.8 Å². The number of hydrogen-bond acceptors (Lipinski definition) is 5. The molecule has 2 aliphatic rings. The summed E-state index contributed by atoms with van der Waals surface area (Å²) in [5.41, 5.74) is 3.08. The summed E-state index contributed by atoms with van der Waals surface area (Å²) in [4.78, 5) is 32.0. The van der Waals surface area contributed by atoms with Crippen LogP contribution in [-0.4, -0.2) is 29.1 Å². The van der Waals surface area contributed by atoms with Gasteiger partial charge in [0.05, 0.1) is 11.4 Å². The average molecular weight is 393 g/mol. The maximum atomic E-state index is 12.4. The molecule has 1 aromatic heterocycles. The van der Waals surface area contributed by atoms with Crippen molar-refractivity contribution in [1.82, 2.24) is 4.98 Å². The molecular weight excluding hydrogens is 374 g/mol. The lowest BCUT2D eigenvalue weighted by Crippen LogP contribution is -2.37. The minimum atomic E-state index is -0.131. The number of benzene rings is 2. The fourth-order valence-electron chi connectivity index (χ4n) is 3.36. The lowest BCUT2D eigenvalue weighted by Gasteiger charge is -2.28. The zero-order chi connectivity index (χ0) is 19.1. The topological polar surface area (TPSA) is 75.4 Å². The Kier molecular flexibility index (Phi) is 4.31. The molecule has 5 rings (SSSR count). The van der Waals surface area contributed by atoms with Gasteiger partial charge in [-0.05, 0) is 43.2 Å². The molecule has 0 unspecified atom stereocenters. The number of aromatic nitrogens is 1. The molecule has 2 aromatic carbocycles. The molecule has 7 heteroatoms. The Hall–Kier alpha value is -2.80. The van der Waals surface area contributed by atoms with Gasteiger partial charge < -0.3 is 14.6 Å². The fraction of sp³-hybridized carbons (Fsp3) is 0.286. The molecule has 6 nitrogen and oxygen atoms in total. The van der Waals surface area contributed by atoms with Crippen LogP contribution in [0.4, 0.5) is 11.4 Å². The van der Waals surface area contributed by atoms with E-state index in [-0.39, 0.29) is 18.2 Å². The first-order valence-corrected chi connectivity index (χ1v) is 10.4. The first-order valence-electron chi connectivity index (χ1n) is 9.40. The Morgan fingerprint density at radius 2 is 2.11 bits per heavy atom. The van der Waals surface area contributed by atoms with Gasteiger partial charge in [-0.25, -0.2) is 4.98 Å². The minimum Gasteiger partial charge on any atom is -0.440 e. The number of carbonyl (C=O) groups excluding carboxylic acids is 2. The van der Waals surface area contributed by atoms with E-state index in [9.17, 15) is 9.59 Å². The highest BCUT2D eigenvalue weighted by Crippen LogP contribution is 2.40. The number of fused-ring (bicyclic) bond motifs is 2. The van der Waals surface area contributed by atoms with Crippen molar-refractivity contribution in [1.29, 1.82) is 0 Å². The average Bonchev–Trinajstić information content (AvgIpc) is 3.46. The van der Waals surface area contributed by atoms with E-state index in [0.717, 1.165) is 40.4 Å². The number of nitrogens with zero attached hydrogens (tertiary/aromatic N) is 2. The Labute approximate surface area is 166 Å². The van der Waals surface area contributed by atoms with E-state index in [1.807, 2.05) is 42.5 Å². The molecule has 0 bridgehead atoms. The van der Waals surface area contributed by atoms with E-state index >= 15 is 0 Å². The van der Waals surface area contributed by atoms with E-state index in [0.29, 0.717) is 23.9 Å². The lowest BCUT2D eigenvalue weighted by molar-refractivity contribution is -0.117. The first-order chi connectivity index (χ1) is 13.7. The normalized spacial score (nSPS) is 16.3. The third-order valence-electron chi connectivity index (χ3n) is 4.99. The third kappa shape index (κ3) is 3.38. The van der Waals surface area contributed by atoms with E-state index in [1.54, 1.807) is 4.90 Å². The molecule has 0 saturated heterocycles. The highest BCUT2D eigenvalue weighted by atomic mass is 32.2. The summed E-state index contributed by atoms with van der Waals surface area (Å²) in [5, 5.41) is 2.90. The van der Waals surface area contributed by atoms with Crippen LogP contribution in [0.3, 0.4) is 0 Å². The number of rotatable bonds is 5. The predicted octanol–water partition coefficient (Wildman–Crippen LogP) is 4.17. The number of nitrogens with one attached hydrogen (secondary N) is 1. The van der Waals surface area contributed by atoms with Crippen molar-refractivity contribution in [2.24, 2.45) is 0 Å². The van der Waals surface area contributed by atoms with Gasteiger partial charge in [0.15, 0.2) is 11.5 Å². The van der Waals surface area contributed by atoms with E-state index in [2.05, 4.69) is 10.3 Å². The first kappa shape index (κ1) is 17.3. The van der Waals surface area contributed by atoms with Gasteiger partial charge in [-0.3, -0.25) is 9.59 Å². The summed E-state index contributed by atoms with van der Waals surface area (Å²) < 4.78 is 5.75. The van der Waals surface area contributed by atoms with Crippen LogP contribution in [0.25, 0.3) is 11.1 Å². The van der Waals surface area contributed by atoms with Gasteiger partial charge in [-0.1, -0.05) is 12.1 Å². The molecule has 1 fully saturated rings. The number of carbonyl (C=O) groups is 2. The van der Waals surface area contributed by atoms with Crippen LogP contribution in [0, 0.1) is 0 Å². The zero-order valence-corrected chi connectivity index (χ0v) is 16.0. The Balaban J connectivity index is 1.25. The molecule has 1 aliphatic heterocycles. The zero-order valence-electron chi connectivity index (χ0n) is 15.2. The van der Waals surface area contributed by atoms with Gasteiger partial charge in [-0.2, -0.15) is 0 Å². The molecule has 0 radical (unpaired) electrons. The van der Waals surface area contributed by atoms with E-state index in [4.69, 9.17) is 4.42 Å². The van der Waals surface area contributed by atoms with Crippen LogP contribution in [0.1, 0.15) is 31.1 Å². The molecule has 1 aliphatic carbocycles. The monoisotopic (exact) mass is 393 g/mol. The van der Waals surface area contributed by atoms with Crippen LogP contribution in [0.5, 0.6) is 0 Å².